The Bertz CT molecular complexity index is 1020. The number of ether oxygens (including phenoxy) is 1. The standard InChI is InChI=1S/C20H15NO2/c1-21-13-17(16-10-4-5-11-18(16)21)20(22)23-19-12-6-8-14-7-2-3-9-15(14)19/h2-13H,1H3. The van der Waals surface area contributed by atoms with Gasteiger partial charge in [-0.3, -0.25) is 0 Å². The lowest BCUT2D eigenvalue weighted by molar-refractivity contribution is 0.0739. The first-order valence-electron chi connectivity index (χ1n) is 7.48. The Morgan fingerprint density at radius 1 is 0.870 bits per heavy atom. The highest BCUT2D eigenvalue weighted by molar-refractivity contribution is 6.06. The molecule has 0 aliphatic carbocycles. The number of nitrogens with zero attached hydrogens (tertiary/aromatic N) is 1. The first-order valence-corrected chi connectivity index (χ1v) is 7.48. The Kier molecular flexibility index (Phi) is 3.12. The highest BCUT2D eigenvalue weighted by atomic mass is 16.5. The second-order valence-electron chi connectivity index (χ2n) is 5.54. The molecule has 1 aromatic heterocycles. The van der Waals surface area contributed by atoms with E-state index in [4.69, 9.17) is 4.74 Å². The number of hydrogen-bond donors (Lipinski definition) is 0. The van der Waals surface area contributed by atoms with E-state index in [0.717, 1.165) is 21.7 Å². The van der Waals surface area contributed by atoms with Gasteiger partial charge in [0.1, 0.15) is 5.75 Å². The Labute approximate surface area is 133 Å². The van der Waals surface area contributed by atoms with Gasteiger partial charge >= 0.3 is 5.97 Å². The lowest BCUT2D eigenvalue weighted by Gasteiger charge is -2.07. The molecule has 3 aromatic carbocycles. The van der Waals surface area contributed by atoms with Crippen molar-refractivity contribution in [3.05, 3.63) is 78.5 Å². The van der Waals surface area contributed by atoms with Crippen LogP contribution < -0.4 is 4.74 Å². The molecule has 0 saturated carbocycles. The summed E-state index contributed by atoms with van der Waals surface area (Å²) in [6.45, 7) is 0. The molecule has 0 fully saturated rings. The SMILES string of the molecule is Cn1cc(C(=O)Oc2cccc3ccccc23)c2ccccc21. The average Bonchev–Trinajstić information content (AvgIpc) is 2.93. The molecule has 0 aliphatic heterocycles. The Balaban J connectivity index is 1.77. The zero-order valence-electron chi connectivity index (χ0n) is 12.7. The minimum Gasteiger partial charge on any atom is -0.422 e. The quantitative estimate of drug-likeness (QED) is 0.402. The average molecular weight is 301 g/mol. The van der Waals surface area contributed by atoms with E-state index >= 15 is 0 Å². The number of esters is 1. The van der Waals surface area contributed by atoms with Crippen LogP contribution in [0.25, 0.3) is 21.7 Å². The maximum absolute atomic E-state index is 12.6. The fraction of sp³-hybridized carbons (Fsp3) is 0.0500. The molecular weight excluding hydrogens is 286 g/mol. The van der Waals surface area contributed by atoms with E-state index in [-0.39, 0.29) is 5.97 Å². The predicted octanol–water partition coefficient (Wildman–Crippen LogP) is 4.55. The highest BCUT2D eigenvalue weighted by Crippen LogP contribution is 2.27. The van der Waals surface area contributed by atoms with Crippen LogP contribution in [0, 0.1) is 0 Å². The molecule has 0 atom stereocenters. The normalized spacial score (nSPS) is 11.0. The Morgan fingerprint density at radius 2 is 1.57 bits per heavy atom. The second kappa shape index (κ2) is 5.29. The number of fused-ring (bicyclic) bond motifs is 2. The van der Waals surface area contributed by atoms with Gasteiger partial charge in [0.15, 0.2) is 0 Å². The van der Waals surface area contributed by atoms with Crippen molar-refractivity contribution in [3.8, 4) is 5.75 Å². The number of carbonyl (C=O) groups is 1. The first-order chi connectivity index (χ1) is 11.2. The van der Waals surface area contributed by atoms with Gasteiger partial charge in [-0.1, -0.05) is 54.6 Å². The summed E-state index contributed by atoms with van der Waals surface area (Å²) in [5.41, 5.74) is 1.59. The van der Waals surface area contributed by atoms with E-state index < -0.39 is 0 Å². The van der Waals surface area contributed by atoms with Crippen molar-refractivity contribution < 1.29 is 9.53 Å². The van der Waals surface area contributed by atoms with Crippen LogP contribution in [-0.4, -0.2) is 10.5 Å². The lowest BCUT2D eigenvalue weighted by Crippen LogP contribution is -2.08. The van der Waals surface area contributed by atoms with Crippen molar-refractivity contribution in [1.29, 1.82) is 0 Å². The summed E-state index contributed by atoms with van der Waals surface area (Å²) in [5, 5.41) is 2.89. The van der Waals surface area contributed by atoms with Gasteiger partial charge in [0, 0.05) is 29.5 Å². The molecule has 3 heteroatoms. The summed E-state index contributed by atoms with van der Waals surface area (Å²) in [4.78, 5) is 12.6. The van der Waals surface area contributed by atoms with Crippen molar-refractivity contribution in [2.75, 3.05) is 0 Å². The van der Waals surface area contributed by atoms with Crippen LogP contribution >= 0.6 is 0 Å². The molecule has 1 heterocycles. The van der Waals surface area contributed by atoms with E-state index in [1.54, 1.807) is 0 Å². The van der Waals surface area contributed by atoms with Gasteiger partial charge in [-0.15, -0.1) is 0 Å². The van der Waals surface area contributed by atoms with Crippen molar-refractivity contribution in [3.63, 3.8) is 0 Å². The van der Waals surface area contributed by atoms with Crippen molar-refractivity contribution in [1.82, 2.24) is 4.57 Å². The first kappa shape index (κ1) is 13.6. The largest absolute Gasteiger partial charge is 0.422 e. The fourth-order valence-corrected chi connectivity index (χ4v) is 2.94. The molecule has 23 heavy (non-hydrogen) atoms. The van der Waals surface area contributed by atoms with Crippen molar-refractivity contribution in [2.45, 2.75) is 0 Å². The number of aromatic nitrogens is 1. The minimum atomic E-state index is -0.335. The molecule has 0 aliphatic rings. The number of hydrogen-bond acceptors (Lipinski definition) is 2. The van der Waals surface area contributed by atoms with Gasteiger partial charge in [-0.25, -0.2) is 4.79 Å². The summed E-state index contributed by atoms with van der Waals surface area (Å²) in [7, 11) is 1.93. The van der Waals surface area contributed by atoms with E-state index in [9.17, 15) is 4.79 Å². The van der Waals surface area contributed by atoms with E-state index in [1.165, 1.54) is 0 Å². The maximum Gasteiger partial charge on any atom is 0.345 e. The van der Waals surface area contributed by atoms with Crippen LogP contribution in [0.5, 0.6) is 5.75 Å². The summed E-state index contributed by atoms with van der Waals surface area (Å²) in [6.07, 6.45) is 1.82. The monoisotopic (exact) mass is 301 g/mol. The van der Waals surface area contributed by atoms with Gasteiger partial charge < -0.3 is 9.30 Å². The predicted molar refractivity (Wildman–Crippen MR) is 91.8 cm³/mol. The van der Waals surface area contributed by atoms with Gasteiger partial charge in [0.05, 0.1) is 5.56 Å². The highest BCUT2D eigenvalue weighted by Gasteiger charge is 2.16. The Hall–Kier alpha value is -3.07. The molecule has 0 amide bonds. The second-order valence-corrected chi connectivity index (χ2v) is 5.54. The lowest BCUT2D eigenvalue weighted by atomic mass is 10.1. The number of benzene rings is 3. The topological polar surface area (TPSA) is 31.2 Å². The van der Waals surface area contributed by atoms with E-state index in [1.807, 2.05) is 84.5 Å². The van der Waals surface area contributed by atoms with Crippen molar-refractivity contribution >= 4 is 27.6 Å². The zero-order valence-corrected chi connectivity index (χ0v) is 12.7. The van der Waals surface area contributed by atoms with Crippen LogP contribution in [0.1, 0.15) is 10.4 Å². The van der Waals surface area contributed by atoms with Crippen LogP contribution in [0.3, 0.4) is 0 Å². The number of aryl methyl sites for hydroxylation is 1. The van der Waals surface area contributed by atoms with Crippen LogP contribution in [0.15, 0.2) is 72.9 Å². The van der Waals surface area contributed by atoms with Crippen LogP contribution in [0.2, 0.25) is 0 Å². The van der Waals surface area contributed by atoms with Crippen LogP contribution in [-0.2, 0) is 7.05 Å². The molecule has 4 rings (SSSR count). The molecule has 112 valence electrons. The summed E-state index contributed by atoms with van der Waals surface area (Å²) in [5.74, 6) is 0.249. The zero-order chi connectivity index (χ0) is 15.8. The smallest absolute Gasteiger partial charge is 0.345 e. The fourth-order valence-electron chi connectivity index (χ4n) is 2.94. The van der Waals surface area contributed by atoms with Gasteiger partial charge in [-0.2, -0.15) is 0 Å². The number of rotatable bonds is 2. The molecule has 0 saturated heterocycles. The van der Waals surface area contributed by atoms with E-state index in [2.05, 4.69) is 0 Å². The minimum absolute atomic E-state index is 0.335. The molecule has 0 spiro atoms. The molecular formula is C20H15NO2. The number of carbonyl (C=O) groups excluding carboxylic acids is 1. The Morgan fingerprint density at radius 3 is 2.43 bits per heavy atom. The maximum atomic E-state index is 12.6. The third kappa shape index (κ3) is 2.27. The molecule has 0 radical (unpaired) electrons. The molecule has 0 unspecified atom stereocenters. The van der Waals surface area contributed by atoms with E-state index in [0.29, 0.717) is 11.3 Å². The summed E-state index contributed by atoms with van der Waals surface area (Å²) < 4.78 is 7.62. The van der Waals surface area contributed by atoms with Gasteiger partial charge in [0.2, 0.25) is 0 Å². The molecule has 4 aromatic rings. The van der Waals surface area contributed by atoms with Crippen molar-refractivity contribution in [2.24, 2.45) is 7.05 Å². The number of para-hydroxylation sites is 1. The van der Waals surface area contributed by atoms with Crippen LogP contribution in [0.4, 0.5) is 0 Å². The molecule has 3 nitrogen and oxygen atoms in total. The summed E-state index contributed by atoms with van der Waals surface area (Å²) in [6, 6.07) is 21.4. The summed E-state index contributed by atoms with van der Waals surface area (Å²) >= 11 is 0. The third-order valence-corrected chi connectivity index (χ3v) is 4.07. The van der Waals surface area contributed by atoms with Gasteiger partial charge in [0.25, 0.3) is 0 Å². The third-order valence-electron chi connectivity index (χ3n) is 4.07. The molecule has 0 N–H and O–H groups in total. The molecule has 0 bridgehead atoms. The van der Waals surface area contributed by atoms with Gasteiger partial charge in [-0.05, 0) is 17.5 Å².